The lowest BCUT2D eigenvalue weighted by Crippen LogP contribution is -2.58. The summed E-state index contributed by atoms with van der Waals surface area (Å²) in [7, 11) is 0. The molecule has 0 radical (unpaired) electrons. The number of aliphatic hydroxyl groups is 3. The highest BCUT2D eigenvalue weighted by Gasteiger charge is 2.58. The largest absolute Gasteiger partial charge is 0.458 e. The molecule has 0 spiro atoms. The Morgan fingerprint density at radius 3 is 2.44 bits per heavy atom. The van der Waals surface area contributed by atoms with Crippen LogP contribution in [0.5, 0.6) is 0 Å². The number of carbonyl (C=O) groups excluding carboxylic acids is 1. The summed E-state index contributed by atoms with van der Waals surface area (Å²) in [6.07, 6.45) is -0.199. The Hall–Kier alpha value is -1.17. The van der Waals surface area contributed by atoms with Gasteiger partial charge in [-0.05, 0) is 54.6 Å². The second kappa shape index (κ2) is 6.71. The van der Waals surface area contributed by atoms with Crippen molar-refractivity contribution in [3.63, 3.8) is 0 Å². The number of esters is 1. The van der Waals surface area contributed by atoms with Crippen LogP contribution in [0.3, 0.4) is 0 Å². The summed E-state index contributed by atoms with van der Waals surface area (Å²) in [5.41, 5.74) is 1.79. The number of ether oxygens (including phenoxy) is 1. The minimum absolute atomic E-state index is 0.343. The Bertz CT molecular complexity index is 678. The number of rotatable bonds is 1. The van der Waals surface area contributed by atoms with E-state index in [1.54, 1.807) is 0 Å². The van der Waals surface area contributed by atoms with Crippen molar-refractivity contribution < 1.29 is 24.9 Å². The Labute approximate surface area is 162 Å². The van der Waals surface area contributed by atoms with Crippen molar-refractivity contribution in [3.05, 3.63) is 23.3 Å². The third-order valence-corrected chi connectivity index (χ3v) is 7.47. The van der Waals surface area contributed by atoms with Crippen molar-refractivity contribution >= 4 is 5.97 Å². The normalized spacial score (nSPS) is 44.2. The molecule has 0 aromatic carbocycles. The molecule has 3 aliphatic carbocycles. The van der Waals surface area contributed by atoms with Crippen molar-refractivity contribution in [1.29, 1.82) is 0 Å². The van der Waals surface area contributed by atoms with Gasteiger partial charge < -0.3 is 20.1 Å². The van der Waals surface area contributed by atoms with Gasteiger partial charge in [-0.25, -0.2) is 0 Å². The maximum absolute atomic E-state index is 11.5. The number of aliphatic hydroxyl groups excluding tert-OH is 3. The van der Waals surface area contributed by atoms with Gasteiger partial charge in [0.2, 0.25) is 0 Å². The molecule has 3 rings (SSSR count). The minimum Gasteiger partial charge on any atom is -0.458 e. The lowest BCUT2D eigenvalue weighted by molar-refractivity contribution is -0.153. The van der Waals surface area contributed by atoms with E-state index in [-0.39, 0.29) is 17.3 Å². The van der Waals surface area contributed by atoms with Crippen LogP contribution in [-0.4, -0.2) is 45.7 Å². The van der Waals surface area contributed by atoms with E-state index in [0.29, 0.717) is 24.8 Å². The highest BCUT2D eigenvalue weighted by Crippen LogP contribution is 2.58. The monoisotopic (exact) mass is 378 g/mol. The van der Waals surface area contributed by atoms with Crippen molar-refractivity contribution in [2.45, 2.75) is 84.7 Å². The highest BCUT2D eigenvalue weighted by molar-refractivity contribution is 5.66. The second-order valence-electron chi connectivity index (χ2n) is 9.77. The molecule has 0 aliphatic heterocycles. The summed E-state index contributed by atoms with van der Waals surface area (Å²) in [6, 6.07) is 0. The molecular weight excluding hydrogens is 344 g/mol. The van der Waals surface area contributed by atoms with Gasteiger partial charge in [-0.3, -0.25) is 4.79 Å². The highest BCUT2D eigenvalue weighted by atomic mass is 16.5. The van der Waals surface area contributed by atoms with Crippen LogP contribution in [0.2, 0.25) is 0 Å². The van der Waals surface area contributed by atoms with Gasteiger partial charge >= 0.3 is 5.97 Å². The first kappa shape index (κ1) is 20.6. The third kappa shape index (κ3) is 3.18. The van der Waals surface area contributed by atoms with E-state index in [1.165, 1.54) is 6.92 Å². The molecule has 0 saturated heterocycles. The van der Waals surface area contributed by atoms with Gasteiger partial charge in [0.05, 0.1) is 18.3 Å². The minimum atomic E-state index is -0.818. The first-order valence-corrected chi connectivity index (χ1v) is 10.0. The zero-order chi connectivity index (χ0) is 20.3. The molecule has 0 heterocycles. The van der Waals surface area contributed by atoms with Gasteiger partial charge in [0.25, 0.3) is 0 Å². The molecule has 2 fully saturated rings. The van der Waals surface area contributed by atoms with Gasteiger partial charge in [-0.2, -0.15) is 0 Å². The molecule has 5 nitrogen and oxygen atoms in total. The number of carbonyl (C=O) groups is 1. The molecule has 27 heavy (non-hydrogen) atoms. The Balaban J connectivity index is 2.10. The average molecular weight is 379 g/mol. The van der Waals surface area contributed by atoms with Crippen LogP contribution < -0.4 is 0 Å². The molecule has 5 heteroatoms. The third-order valence-electron chi connectivity index (χ3n) is 7.47. The maximum atomic E-state index is 11.5. The molecule has 152 valence electrons. The lowest BCUT2D eigenvalue weighted by atomic mass is 9.50. The zero-order valence-corrected chi connectivity index (χ0v) is 17.2. The predicted molar refractivity (Wildman–Crippen MR) is 103 cm³/mol. The summed E-state index contributed by atoms with van der Waals surface area (Å²) in [5.74, 6) is -1.11. The van der Waals surface area contributed by atoms with E-state index in [4.69, 9.17) is 4.74 Å². The summed E-state index contributed by atoms with van der Waals surface area (Å²) in [4.78, 5) is 11.5. The zero-order valence-electron chi connectivity index (χ0n) is 17.2. The van der Waals surface area contributed by atoms with Crippen LogP contribution >= 0.6 is 0 Å². The van der Waals surface area contributed by atoms with E-state index >= 15 is 0 Å². The molecule has 0 unspecified atom stereocenters. The van der Waals surface area contributed by atoms with E-state index in [1.807, 2.05) is 20.8 Å². The lowest BCUT2D eigenvalue weighted by Gasteiger charge is -2.57. The molecule has 2 saturated carbocycles. The van der Waals surface area contributed by atoms with E-state index in [0.717, 1.165) is 17.6 Å². The topological polar surface area (TPSA) is 87.0 Å². The van der Waals surface area contributed by atoms with Crippen molar-refractivity contribution in [1.82, 2.24) is 0 Å². The molecule has 0 aromatic heterocycles. The first-order valence-electron chi connectivity index (χ1n) is 10.0. The summed E-state index contributed by atoms with van der Waals surface area (Å²) in [5, 5.41) is 33.6. The summed E-state index contributed by atoms with van der Waals surface area (Å²) in [6.45, 7) is 13.7. The maximum Gasteiger partial charge on any atom is 0.303 e. The van der Waals surface area contributed by atoms with Crippen molar-refractivity contribution in [2.24, 2.45) is 22.7 Å². The fourth-order valence-electron chi connectivity index (χ4n) is 6.53. The molecule has 0 amide bonds. The van der Waals surface area contributed by atoms with Crippen LogP contribution in [0.1, 0.15) is 60.3 Å². The van der Waals surface area contributed by atoms with Crippen molar-refractivity contribution in [3.8, 4) is 0 Å². The van der Waals surface area contributed by atoms with Crippen LogP contribution in [0.15, 0.2) is 23.3 Å². The Morgan fingerprint density at radius 2 is 1.85 bits per heavy atom. The van der Waals surface area contributed by atoms with E-state index in [9.17, 15) is 20.1 Å². The number of hydrogen-bond acceptors (Lipinski definition) is 5. The van der Waals surface area contributed by atoms with E-state index in [2.05, 4.69) is 13.5 Å². The smallest absolute Gasteiger partial charge is 0.303 e. The van der Waals surface area contributed by atoms with Gasteiger partial charge in [0, 0.05) is 18.8 Å². The van der Waals surface area contributed by atoms with Crippen LogP contribution in [-0.2, 0) is 9.53 Å². The number of hydrogen-bond donors (Lipinski definition) is 3. The molecule has 0 aromatic rings. The average Bonchev–Trinajstić information content (AvgIpc) is 2.47. The van der Waals surface area contributed by atoms with E-state index < -0.39 is 35.7 Å². The SMILES string of the molecule is C=C1[C@@H](OC(C)=O)CC[C@@]2(C)C[C@H](O)C3=C(C)C[C@H](O)[C@@H]([C@@H](O)[C@H]12)C3(C)C. The van der Waals surface area contributed by atoms with Crippen LogP contribution in [0.25, 0.3) is 0 Å². The summed E-state index contributed by atoms with van der Waals surface area (Å²) >= 11 is 0. The number of fused-ring (bicyclic) bond motifs is 3. The second-order valence-corrected chi connectivity index (χ2v) is 9.77. The quantitative estimate of drug-likeness (QED) is 0.482. The molecule has 7 atom stereocenters. The first-order chi connectivity index (χ1) is 12.4. The fraction of sp³-hybridized carbons (Fsp3) is 0.773. The van der Waals surface area contributed by atoms with Crippen LogP contribution in [0.4, 0.5) is 0 Å². The predicted octanol–water partition coefficient (Wildman–Crippen LogP) is 2.74. The van der Waals surface area contributed by atoms with Gasteiger partial charge in [0.1, 0.15) is 6.10 Å². The fourth-order valence-corrected chi connectivity index (χ4v) is 6.53. The van der Waals surface area contributed by atoms with Gasteiger partial charge in [-0.15, -0.1) is 0 Å². The molecule has 3 N–H and O–H groups in total. The van der Waals surface area contributed by atoms with Gasteiger partial charge in [0.15, 0.2) is 0 Å². The van der Waals surface area contributed by atoms with Gasteiger partial charge in [-0.1, -0.05) is 32.9 Å². The standard InChI is InChI=1S/C22H34O5/c1-11-9-14(24)19-20(26)18-12(2)16(27-13(3)23)7-8-22(18,6)10-15(25)17(11)21(19,4)5/h14-16,18-20,24-26H,2,7-10H2,1,3-6H3/t14-,15-,16-,18-,19-,20-,22-/m0/s1. The molecule has 3 aliphatic rings. The molecule has 2 bridgehead atoms. The molecular formula is C22H34O5. The Kier molecular flexibility index (Phi) is 5.11. The summed E-state index contributed by atoms with van der Waals surface area (Å²) < 4.78 is 5.46. The van der Waals surface area contributed by atoms with Crippen molar-refractivity contribution in [2.75, 3.05) is 0 Å². The Morgan fingerprint density at radius 1 is 1.22 bits per heavy atom. The van der Waals surface area contributed by atoms with Crippen LogP contribution in [0, 0.1) is 22.7 Å².